The van der Waals surface area contributed by atoms with Crippen LogP contribution < -0.4 is 0 Å². The average molecular weight is 140 g/mol. The number of allylic oxidation sites excluding steroid dienone is 4. The first-order chi connectivity index (χ1) is 4.81. The van der Waals surface area contributed by atoms with E-state index in [1.807, 2.05) is 13.0 Å². The Labute approximate surface area is 61.2 Å². The van der Waals surface area contributed by atoms with Gasteiger partial charge in [0.25, 0.3) is 0 Å². The highest BCUT2D eigenvalue weighted by Gasteiger charge is 1.77. The third kappa shape index (κ3) is 5.09. The predicted molar refractivity (Wildman–Crippen MR) is 40.6 cm³/mol. The van der Waals surface area contributed by atoms with Gasteiger partial charge in [0.15, 0.2) is 0 Å². The van der Waals surface area contributed by atoms with Gasteiger partial charge in [-0.05, 0) is 13.0 Å². The first kappa shape index (κ1) is 8.95. The van der Waals surface area contributed by atoms with E-state index in [1.54, 1.807) is 19.3 Å². The molecule has 0 saturated carbocycles. The van der Waals surface area contributed by atoms with Gasteiger partial charge >= 0.3 is 0 Å². The van der Waals surface area contributed by atoms with E-state index in [9.17, 15) is 4.79 Å². The zero-order valence-corrected chi connectivity index (χ0v) is 6.33. The minimum absolute atomic E-state index is 0.466. The van der Waals surface area contributed by atoms with Crippen molar-refractivity contribution in [3.63, 3.8) is 0 Å². The second-order valence-electron chi connectivity index (χ2n) is 1.81. The zero-order chi connectivity index (χ0) is 7.82. The lowest BCUT2D eigenvalue weighted by Gasteiger charge is -1.93. The van der Waals surface area contributed by atoms with Crippen LogP contribution in [0, 0.1) is 0 Å². The van der Waals surface area contributed by atoms with Gasteiger partial charge in [-0.25, -0.2) is 0 Å². The maximum atomic E-state index is 9.82. The lowest BCUT2D eigenvalue weighted by molar-refractivity contribution is -0.107. The van der Waals surface area contributed by atoms with Crippen molar-refractivity contribution in [1.82, 2.24) is 0 Å². The van der Waals surface area contributed by atoms with E-state index in [1.165, 1.54) is 0 Å². The number of rotatable bonds is 4. The molecular weight excluding hydrogens is 128 g/mol. The molecule has 0 spiro atoms. The van der Waals surface area contributed by atoms with Crippen molar-refractivity contribution in [2.45, 2.75) is 13.3 Å². The quantitative estimate of drug-likeness (QED) is 0.337. The Kier molecular flexibility index (Phi) is 5.44. The van der Waals surface area contributed by atoms with Crippen molar-refractivity contribution in [2.75, 3.05) is 7.11 Å². The third-order valence-corrected chi connectivity index (χ3v) is 1.02. The molecule has 0 bridgehead atoms. The molecule has 0 aromatic rings. The van der Waals surface area contributed by atoms with E-state index in [0.717, 1.165) is 12.0 Å². The molecule has 0 amide bonds. The SMILES string of the molecule is CO/C(C)=C/C=C\CC=O. The summed E-state index contributed by atoms with van der Waals surface area (Å²) in [5.41, 5.74) is 0. The standard InChI is InChI=1S/C8H12O2/c1-8(10-2)6-4-3-5-7-9/h3-4,6-7H,5H2,1-2H3/b4-3-,8-6+. The zero-order valence-electron chi connectivity index (χ0n) is 6.33. The fourth-order valence-electron chi connectivity index (χ4n) is 0.406. The lowest BCUT2D eigenvalue weighted by atomic mass is 10.4. The average Bonchev–Trinajstić information content (AvgIpc) is 1.98. The molecule has 0 rings (SSSR count). The molecule has 0 atom stereocenters. The van der Waals surface area contributed by atoms with Crippen LogP contribution in [0.5, 0.6) is 0 Å². The Morgan fingerprint density at radius 3 is 2.80 bits per heavy atom. The Hall–Kier alpha value is -1.05. The van der Waals surface area contributed by atoms with Crippen molar-refractivity contribution in [2.24, 2.45) is 0 Å². The van der Waals surface area contributed by atoms with E-state index in [-0.39, 0.29) is 0 Å². The molecule has 0 aliphatic heterocycles. The van der Waals surface area contributed by atoms with Crippen LogP contribution in [0.1, 0.15) is 13.3 Å². The molecule has 2 nitrogen and oxygen atoms in total. The van der Waals surface area contributed by atoms with Crippen LogP contribution in [-0.4, -0.2) is 13.4 Å². The molecule has 2 heteroatoms. The van der Waals surface area contributed by atoms with Crippen LogP contribution in [0.2, 0.25) is 0 Å². The van der Waals surface area contributed by atoms with Crippen molar-refractivity contribution < 1.29 is 9.53 Å². The van der Waals surface area contributed by atoms with Crippen LogP contribution in [0.4, 0.5) is 0 Å². The second kappa shape index (κ2) is 6.08. The number of ether oxygens (including phenoxy) is 1. The fourth-order valence-corrected chi connectivity index (χ4v) is 0.406. The Bertz CT molecular complexity index is 145. The highest BCUT2D eigenvalue weighted by atomic mass is 16.5. The molecule has 0 radical (unpaired) electrons. The van der Waals surface area contributed by atoms with Crippen LogP contribution in [0.3, 0.4) is 0 Å². The number of carbonyl (C=O) groups is 1. The molecule has 0 aromatic heterocycles. The summed E-state index contributed by atoms with van der Waals surface area (Å²) in [5.74, 6) is 0.835. The van der Waals surface area contributed by atoms with Gasteiger partial charge in [-0.3, -0.25) is 0 Å². The summed E-state index contributed by atoms with van der Waals surface area (Å²) in [6.45, 7) is 1.85. The summed E-state index contributed by atoms with van der Waals surface area (Å²) in [6, 6.07) is 0. The Balaban J connectivity index is 3.58. The van der Waals surface area contributed by atoms with Crippen LogP contribution in [0.25, 0.3) is 0 Å². The van der Waals surface area contributed by atoms with Crippen LogP contribution in [-0.2, 0) is 9.53 Å². The lowest BCUT2D eigenvalue weighted by Crippen LogP contribution is -1.75. The minimum Gasteiger partial charge on any atom is -0.501 e. The van der Waals surface area contributed by atoms with Crippen molar-refractivity contribution in [1.29, 1.82) is 0 Å². The van der Waals surface area contributed by atoms with Gasteiger partial charge in [0, 0.05) is 6.42 Å². The summed E-state index contributed by atoms with van der Waals surface area (Å²) in [6.07, 6.45) is 6.70. The van der Waals surface area contributed by atoms with Gasteiger partial charge in [0.2, 0.25) is 0 Å². The van der Waals surface area contributed by atoms with Crippen molar-refractivity contribution in [3.05, 3.63) is 24.0 Å². The number of aldehydes is 1. The van der Waals surface area contributed by atoms with E-state index in [4.69, 9.17) is 4.74 Å². The van der Waals surface area contributed by atoms with E-state index in [2.05, 4.69) is 0 Å². The van der Waals surface area contributed by atoms with E-state index >= 15 is 0 Å². The fraction of sp³-hybridized carbons (Fsp3) is 0.375. The van der Waals surface area contributed by atoms with Gasteiger partial charge in [-0.2, -0.15) is 0 Å². The van der Waals surface area contributed by atoms with Gasteiger partial charge in [-0.1, -0.05) is 12.2 Å². The molecule has 10 heavy (non-hydrogen) atoms. The Morgan fingerprint density at radius 1 is 1.60 bits per heavy atom. The minimum atomic E-state index is 0.466. The summed E-state index contributed by atoms with van der Waals surface area (Å²) in [7, 11) is 1.61. The van der Waals surface area contributed by atoms with Gasteiger partial charge in [0.1, 0.15) is 6.29 Å². The van der Waals surface area contributed by atoms with Crippen molar-refractivity contribution >= 4 is 6.29 Å². The molecule has 56 valence electrons. The molecule has 0 fully saturated rings. The first-order valence-electron chi connectivity index (χ1n) is 3.12. The normalized spacial score (nSPS) is 12.0. The van der Waals surface area contributed by atoms with Gasteiger partial charge in [0.05, 0.1) is 12.9 Å². The third-order valence-electron chi connectivity index (χ3n) is 1.02. The van der Waals surface area contributed by atoms with Gasteiger partial charge < -0.3 is 9.53 Å². The monoisotopic (exact) mass is 140 g/mol. The maximum absolute atomic E-state index is 9.82. The van der Waals surface area contributed by atoms with E-state index < -0.39 is 0 Å². The molecule has 0 aromatic carbocycles. The van der Waals surface area contributed by atoms with Crippen molar-refractivity contribution in [3.8, 4) is 0 Å². The molecule has 0 unspecified atom stereocenters. The highest BCUT2D eigenvalue weighted by Crippen LogP contribution is 1.92. The smallest absolute Gasteiger partial charge is 0.123 e. The number of carbonyl (C=O) groups excluding carboxylic acids is 1. The molecule has 0 heterocycles. The largest absolute Gasteiger partial charge is 0.501 e. The summed E-state index contributed by atoms with van der Waals surface area (Å²) < 4.78 is 4.85. The predicted octanol–water partition coefficient (Wildman–Crippen LogP) is 1.68. The first-order valence-corrected chi connectivity index (χ1v) is 3.12. The number of hydrogen-bond acceptors (Lipinski definition) is 2. The topological polar surface area (TPSA) is 26.3 Å². The molecular formula is C8H12O2. The summed E-state index contributed by atoms with van der Waals surface area (Å²) in [5, 5.41) is 0. The number of hydrogen-bond donors (Lipinski definition) is 0. The van der Waals surface area contributed by atoms with Crippen LogP contribution >= 0.6 is 0 Å². The summed E-state index contributed by atoms with van der Waals surface area (Å²) >= 11 is 0. The summed E-state index contributed by atoms with van der Waals surface area (Å²) in [4.78, 5) is 9.82. The van der Waals surface area contributed by atoms with E-state index in [0.29, 0.717) is 6.42 Å². The number of methoxy groups -OCH3 is 1. The molecule has 0 N–H and O–H groups in total. The van der Waals surface area contributed by atoms with Crippen LogP contribution in [0.15, 0.2) is 24.0 Å². The Morgan fingerprint density at radius 2 is 2.30 bits per heavy atom. The molecule has 0 aliphatic carbocycles. The molecule has 0 aliphatic rings. The highest BCUT2D eigenvalue weighted by molar-refractivity contribution is 5.52. The maximum Gasteiger partial charge on any atom is 0.123 e. The van der Waals surface area contributed by atoms with Gasteiger partial charge in [-0.15, -0.1) is 0 Å². The second-order valence-corrected chi connectivity index (χ2v) is 1.81. The molecule has 0 saturated heterocycles.